The van der Waals surface area contributed by atoms with E-state index in [1.165, 1.54) is 11.3 Å². The lowest BCUT2D eigenvalue weighted by Crippen LogP contribution is -2.43. The van der Waals surface area contributed by atoms with Crippen LogP contribution in [-0.4, -0.2) is 29.8 Å². The number of nitrogens with zero attached hydrogens (tertiary/aromatic N) is 1. The molecule has 4 nitrogen and oxygen atoms in total. The van der Waals surface area contributed by atoms with Crippen LogP contribution in [0.25, 0.3) is 0 Å². The number of carbonyl (C=O) groups is 2. The first kappa shape index (κ1) is 16.2. The van der Waals surface area contributed by atoms with E-state index in [0.29, 0.717) is 6.54 Å². The maximum absolute atomic E-state index is 12.4. The highest BCUT2D eigenvalue weighted by molar-refractivity contribution is 9.10. The molecule has 23 heavy (non-hydrogen) atoms. The van der Waals surface area contributed by atoms with E-state index in [1.807, 2.05) is 41.8 Å². The predicted molar refractivity (Wildman–Crippen MR) is 95.7 cm³/mol. The minimum Gasteiger partial charge on any atom is -0.337 e. The molecule has 120 valence electrons. The molecule has 1 atom stereocenters. The fourth-order valence-corrected chi connectivity index (χ4v) is 3.66. The van der Waals surface area contributed by atoms with E-state index in [4.69, 9.17) is 0 Å². The highest BCUT2D eigenvalue weighted by Gasteiger charge is 2.29. The van der Waals surface area contributed by atoms with Crippen molar-refractivity contribution in [2.75, 3.05) is 18.4 Å². The molecule has 1 aromatic heterocycles. The van der Waals surface area contributed by atoms with Gasteiger partial charge in [0.15, 0.2) is 0 Å². The van der Waals surface area contributed by atoms with Crippen molar-refractivity contribution in [2.24, 2.45) is 5.92 Å². The second-order valence-corrected chi connectivity index (χ2v) is 7.43. The number of nitrogens with one attached hydrogen (secondary N) is 1. The second kappa shape index (κ2) is 7.27. The van der Waals surface area contributed by atoms with E-state index >= 15 is 0 Å². The van der Waals surface area contributed by atoms with Crippen molar-refractivity contribution in [2.45, 2.75) is 12.8 Å². The Bertz CT molecular complexity index is 685. The average molecular weight is 393 g/mol. The Balaban J connectivity index is 1.62. The van der Waals surface area contributed by atoms with Crippen molar-refractivity contribution in [3.63, 3.8) is 0 Å². The molecular weight excluding hydrogens is 376 g/mol. The first-order valence-electron chi connectivity index (χ1n) is 7.52. The summed E-state index contributed by atoms with van der Waals surface area (Å²) >= 11 is 4.82. The normalized spacial score (nSPS) is 17.8. The van der Waals surface area contributed by atoms with Crippen LogP contribution in [0.4, 0.5) is 5.69 Å². The van der Waals surface area contributed by atoms with Gasteiger partial charge in [0, 0.05) is 23.2 Å². The molecule has 0 radical (unpaired) electrons. The number of hydrogen-bond acceptors (Lipinski definition) is 3. The number of thiophene rings is 1. The van der Waals surface area contributed by atoms with E-state index in [1.54, 1.807) is 4.90 Å². The van der Waals surface area contributed by atoms with Crippen molar-refractivity contribution in [1.29, 1.82) is 0 Å². The number of carbonyl (C=O) groups excluding carboxylic acids is 2. The van der Waals surface area contributed by atoms with Gasteiger partial charge in [-0.3, -0.25) is 9.59 Å². The molecule has 1 N–H and O–H groups in total. The third-order valence-corrected chi connectivity index (χ3v) is 5.31. The summed E-state index contributed by atoms with van der Waals surface area (Å²) in [5, 5.41) is 4.84. The smallest absolute Gasteiger partial charge is 0.263 e. The number of hydrogen-bond donors (Lipinski definition) is 1. The quantitative estimate of drug-likeness (QED) is 0.857. The number of amides is 2. The Morgan fingerprint density at radius 2 is 2.00 bits per heavy atom. The van der Waals surface area contributed by atoms with Crippen molar-refractivity contribution in [3.05, 3.63) is 51.1 Å². The lowest BCUT2D eigenvalue weighted by molar-refractivity contribution is -0.121. The number of rotatable bonds is 3. The molecule has 2 amide bonds. The van der Waals surface area contributed by atoms with Crippen molar-refractivity contribution >= 4 is 44.8 Å². The van der Waals surface area contributed by atoms with Gasteiger partial charge >= 0.3 is 0 Å². The molecule has 6 heteroatoms. The first-order chi connectivity index (χ1) is 11.1. The third-order valence-electron chi connectivity index (χ3n) is 3.92. The summed E-state index contributed by atoms with van der Waals surface area (Å²) in [4.78, 5) is 27.4. The molecule has 0 saturated carbocycles. The molecule has 2 heterocycles. The molecule has 1 aliphatic rings. The van der Waals surface area contributed by atoms with E-state index in [-0.39, 0.29) is 17.7 Å². The molecule has 1 aliphatic heterocycles. The molecule has 1 fully saturated rings. The van der Waals surface area contributed by atoms with Gasteiger partial charge in [-0.2, -0.15) is 0 Å². The Hall–Kier alpha value is -1.66. The SMILES string of the molecule is O=C(Nc1ccc(Br)cc1)C1CCCN(C(=O)c2cccs2)C1. The van der Waals surface area contributed by atoms with Crippen LogP contribution in [0.2, 0.25) is 0 Å². The van der Waals surface area contributed by atoms with E-state index in [0.717, 1.165) is 34.4 Å². The van der Waals surface area contributed by atoms with Crippen LogP contribution in [0.5, 0.6) is 0 Å². The number of halogens is 1. The topological polar surface area (TPSA) is 49.4 Å². The lowest BCUT2D eigenvalue weighted by atomic mass is 9.97. The summed E-state index contributed by atoms with van der Waals surface area (Å²) in [6, 6.07) is 11.2. The van der Waals surface area contributed by atoms with Crippen molar-refractivity contribution < 1.29 is 9.59 Å². The van der Waals surface area contributed by atoms with Crippen LogP contribution in [0.3, 0.4) is 0 Å². The van der Waals surface area contributed by atoms with Gasteiger partial charge in [-0.1, -0.05) is 22.0 Å². The molecule has 2 aromatic rings. The zero-order valence-corrected chi connectivity index (χ0v) is 14.9. The predicted octanol–water partition coefficient (Wildman–Crippen LogP) is 4.00. The summed E-state index contributed by atoms with van der Waals surface area (Å²) in [6.07, 6.45) is 1.67. The first-order valence-corrected chi connectivity index (χ1v) is 9.20. The summed E-state index contributed by atoms with van der Waals surface area (Å²) in [6.45, 7) is 1.21. The summed E-state index contributed by atoms with van der Waals surface area (Å²) in [7, 11) is 0. The lowest BCUT2D eigenvalue weighted by Gasteiger charge is -2.31. The molecule has 1 saturated heterocycles. The zero-order chi connectivity index (χ0) is 16.2. The Labute approximate surface area is 147 Å². The second-order valence-electron chi connectivity index (χ2n) is 5.56. The van der Waals surface area contributed by atoms with Gasteiger partial charge in [-0.05, 0) is 48.6 Å². The Kier molecular flexibility index (Phi) is 5.13. The van der Waals surface area contributed by atoms with Crippen LogP contribution in [0.15, 0.2) is 46.3 Å². The average Bonchev–Trinajstić information content (AvgIpc) is 3.11. The summed E-state index contributed by atoms with van der Waals surface area (Å²) < 4.78 is 0.973. The third kappa shape index (κ3) is 4.00. The monoisotopic (exact) mass is 392 g/mol. The number of anilines is 1. The van der Waals surface area contributed by atoms with Gasteiger partial charge in [0.25, 0.3) is 5.91 Å². The minimum absolute atomic E-state index is 0.0176. The van der Waals surface area contributed by atoms with Crippen LogP contribution in [-0.2, 0) is 4.79 Å². The fourth-order valence-electron chi connectivity index (χ4n) is 2.71. The molecule has 1 unspecified atom stereocenters. The zero-order valence-electron chi connectivity index (χ0n) is 12.5. The van der Waals surface area contributed by atoms with Gasteiger partial charge in [0.1, 0.15) is 0 Å². The molecule has 1 aromatic carbocycles. The largest absolute Gasteiger partial charge is 0.337 e. The van der Waals surface area contributed by atoms with E-state index in [2.05, 4.69) is 21.2 Å². The van der Waals surface area contributed by atoms with Crippen molar-refractivity contribution in [3.8, 4) is 0 Å². The van der Waals surface area contributed by atoms with Crippen LogP contribution >= 0.6 is 27.3 Å². The number of benzene rings is 1. The molecule has 0 aliphatic carbocycles. The molecule has 0 spiro atoms. The van der Waals surface area contributed by atoms with Crippen LogP contribution in [0, 0.1) is 5.92 Å². The number of piperidine rings is 1. The highest BCUT2D eigenvalue weighted by Crippen LogP contribution is 2.22. The number of likely N-dealkylation sites (tertiary alicyclic amines) is 1. The van der Waals surface area contributed by atoms with Crippen LogP contribution in [0.1, 0.15) is 22.5 Å². The van der Waals surface area contributed by atoms with E-state index in [9.17, 15) is 9.59 Å². The van der Waals surface area contributed by atoms with Crippen molar-refractivity contribution in [1.82, 2.24) is 4.90 Å². The van der Waals surface area contributed by atoms with Gasteiger partial charge in [-0.15, -0.1) is 11.3 Å². The van der Waals surface area contributed by atoms with Gasteiger partial charge < -0.3 is 10.2 Å². The van der Waals surface area contributed by atoms with Gasteiger partial charge in [-0.25, -0.2) is 0 Å². The molecule has 0 bridgehead atoms. The summed E-state index contributed by atoms with van der Waals surface area (Å²) in [5.74, 6) is -0.145. The molecule has 3 rings (SSSR count). The minimum atomic E-state index is -0.156. The fraction of sp³-hybridized carbons (Fsp3) is 0.294. The van der Waals surface area contributed by atoms with E-state index < -0.39 is 0 Å². The summed E-state index contributed by atoms with van der Waals surface area (Å²) in [5.41, 5.74) is 0.778. The van der Waals surface area contributed by atoms with Gasteiger partial charge in [0.05, 0.1) is 10.8 Å². The van der Waals surface area contributed by atoms with Gasteiger partial charge in [0.2, 0.25) is 5.91 Å². The standard InChI is InChI=1S/C17H17BrN2O2S/c18-13-5-7-14(8-6-13)19-16(21)12-3-1-9-20(11-12)17(22)15-4-2-10-23-15/h2,4-8,10,12H,1,3,9,11H2,(H,19,21). The maximum Gasteiger partial charge on any atom is 0.263 e. The highest BCUT2D eigenvalue weighted by atomic mass is 79.9. The Morgan fingerprint density at radius 1 is 1.22 bits per heavy atom. The molecular formula is C17H17BrN2O2S. The Morgan fingerprint density at radius 3 is 2.70 bits per heavy atom. The maximum atomic E-state index is 12.4. The van der Waals surface area contributed by atoms with Crippen LogP contribution < -0.4 is 5.32 Å².